The Morgan fingerprint density at radius 3 is 2.75 bits per heavy atom. The van der Waals surface area contributed by atoms with Gasteiger partial charge in [-0.1, -0.05) is 11.6 Å². The first-order valence-corrected chi connectivity index (χ1v) is 8.25. The van der Waals surface area contributed by atoms with Crippen LogP contribution in [0.1, 0.15) is 40.7 Å². The number of amides is 1. The predicted octanol–water partition coefficient (Wildman–Crippen LogP) is 2.89. The molecule has 1 aliphatic heterocycles. The number of hydrogen-bond acceptors (Lipinski definition) is 4. The molecule has 0 atom stereocenters. The van der Waals surface area contributed by atoms with Crippen LogP contribution in [0, 0.1) is 6.92 Å². The molecule has 1 saturated heterocycles. The Hall–Kier alpha value is -2.63. The Balaban J connectivity index is 1.48. The largest absolute Gasteiger partial charge is 0.451 e. The lowest BCUT2D eigenvalue weighted by molar-refractivity contribution is 0.0680. The monoisotopic (exact) mass is 324 g/mol. The second-order valence-corrected chi connectivity index (χ2v) is 6.52. The molecule has 1 amide bonds. The quantitative estimate of drug-likeness (QED) is 0.727. The molecule has 4 rings (SSSR count). The van der Waals surface area contributed by atoms with E-state index in [1.54, 1.807) is 6.33 Å². The van der Waals surface area contributed by atoms with Crippen molar-refractivity contribution >= 4 is 16.9 Å². The van der Waals surface area contributed by atoms with E-state index >= 15 is 0 Å². The third-order valence-electron chi connectivity index (χ3n) is 4.78. The van der Waals surface area contributed by atoms with E-state index in [0.717, 1.165) is 35.2 Å². The van der Waals surface area contributed by atoms with Gasteiger partial charge < -0.3 is 13.9 Å². The van der Waals surface area contributed by atoms with Crippen molar-refractivity contribution in [2.45, 2.75) is 25.7 Å². The van der Waals surface area contributed by atoms with Gasteiger partial charge in [0, 0.05) is 31.4 Å². The predicted molar refractivity (Wildman–Crippen MR) is 89.8 cm³/mol. The van der Waals surface area contributed by atoms with Gasteiger partial charge in [0.1, 0.15) is 17.7 Å². The molecule has 0 saturated carbocycles. The average Bonchev–Trinajstić information content (AvgIpc) is 3.20. The number of rotatable bonds is 2. The fourth-order valence-electron chi connectivity index (χ4n) is 3.43. The maximum atomic E-state index is 12.7. The van der Waals surface area contributed by atoms with Gasteiger partial charge in [0.2, 0.25) is 0 Å². The van der Waals surface area contributed by atoms with E-state index in [1.807, 2.05) is 47.7 Å². The van der Waals surface area contributed by atoms with Crippen LogP contribution < -0.4 is 0 Å². The molecule has 1 aliphatic rings. The van der Waals surface area contributed by atoms with Crippen LogP contribution in [-0.4, -0.2) is 38.7 Å². The number of benzene rings is 1. The van der Waals surface area contributed by atoms with Crippen LogP contribution in [0.2, 0.25) is 0 Å². The van der Waals surface area contributed by atoms with Crippen LogP contribution in [0.3, 0.4) is 0 Å². The van der Waals surface area contributed by atoms with Gasteiger partial charge in [-0.2, -0.15) is 0 Å². The SMILES string of the molecule is Cc1ccc2oc(C(=O)N3CCC(c4nncn4C)CC3)cc2c1. The highest BCUT2D eigenvalue weighted by molar-refractivity contribution is 5.96. The molecular weight excluding hydrogens is 304 g/mol. The Bertz CT molecular complexity index is 887. The summed E-state index contributed by atoms with van der Waals surface area (Å²) in [4.78, 5) is 14.6. The van der Waals surface area contributed by atoms with Gasteiger partial charge in [0.25, 0.3) is 5.91 Å². The number of furan rings is 1. The second-order valence-electron chi connectivity index (χ2n) is 6.52. The number of carbonyl (C=O) groups is 1. The molecule has 1 aromatic carbocycles. The lowest BCUT2D eigenvalue weighted by Crippen LogP contribution is -2.38. The van der Waals surface area contributed by atoms with Gasteiger partial charge in [0.05, 0.1) is 0 Å². The zero-order chi connectivity index (χ0) is 16.7. The van der Waals surface area contributed by atoms with Crippen LogP contribution in [0.15, 0.2) is 35.0 Å². The Labute approximate surface area is 140 Å². The summed E-state index contributed by atoms with van der Waals surface area (Å²) in [7, 11) is 1.96. The van der Waals surface area contributed by atoms with Gasteiger partial charge in [-0.25, -0.2) is 0 Å². The van der Waals surface area contributed by atoms with Crippen molar-refractivity contribution < 1.29 is 9.21 Å². The molecule has 1 fully saturated rings. The van der Waals surface area contributed by atoms with Crippen molar-refractivity contribution in [3.8, 4) is 0 Å². The van der Waals surface area contributed by atoms with Gasteiger partial charge in [-0.3, -0.25) is 4.79 Å². The Kier molecular flexibility index (Phi) is 3.59. The summed E-state index contributed by atoms with van der Waals surface area (Å²) >= 11 is 0. The summed E-state index contributed by atoms with van der Waals surface area (Å²) in [5.74, 6) is 1.76. The summed E-state index contributed by atoms with van der Waals surface area (Å²) < 4.78 is 7.70. The summed E-state index contributed by atoms with van der Waals surface area (Å²) in [5, 5.41) is 9.12. The minimum Gasteiger partial charge on any atom is -0.451 e. The maximum Gasteiger partial charge on any atom is 0.289 e. The van der Waals surface area contributed by atoms with Crippen molar-refractivity contribution in [3.63, 3.8) is 0 Å². The summed E-state index contributed by atoms with van der Waals surface area (Å²) in [6.45, 7) is 3.46. The standard InChI is InChI=1S/C18H20N4O2/c1-12-3-4-15-14(9-12)10-16(24-15)18(23)22-7-5-13(6-8-22)17-20-19-11-21(17)2/h3-4,9-11,13H,5-8H2,1-2H3. The fourth-order valence-corrected chi connectivity index (χ4v) is 3.43. The van der Waals surface area contributed by atoms with Gasteiger partial charge in [-0.15, -0.1) is 10.2 Å². The van der Waals surface area contributed by atoms with Crippen molar-refractivity contribution in [3.05, 3.63) is 47.7 Å². The number of aryl methyl sites for hydroxylation is 2. The molecule has 0 N–H and O–H groups in total. The molecule has 2 aromatic heterocycles. The maximum absolute atomic E-state index is 12.7. The second kappa shape index (κ2) is 5.78. The highest BCUT2D eigenvalue weighted by atomic mass is 16.3. The van der Waals surface area contributed by atoms with E-state index in [2.05, 4.69) is 10.2 Å². The lowest BCUT2D eigenvalue weighted by Gasteiger charge is -2.30. The topological polar surface area (TPSA) is 64.2 Å². The number of piperidine rings is 1. The molecule has 124 valence electrons. The first kappa shape index (κ1) is 14.9. The molecule has 24 heavy (non-hydrogen) atoms. The summed E-state index contributed by atoms with van der Waals surface area (Å²) in [6, 6.07) is 7.80. The van der Waals surface area contributed by atoms with Gasteiger partial charge >= 0.3 is 0 Å². The highest BCUT2D eigenvalue weighted by Crippen LogP contribution is 2.28. The van der Waals surface area contributed by atoms with Crippen LogP contribution in [0.4, 0.5) is 0 Å². The minimum atomic E-state index is -0.0275. The van der Waals surface area contributed by atoms with Crippen molar-refractivity contribution in [1.29, 1.82) is 0 Å². The highest BCUT2D eigenvalue weighted by Gasteiger charge is 2.28. The number of carbonyl (C=O) groups excluding carboxylic acids is 1. The van der Waals surface area contributed by atoms with Crippen LogP contribution >= 0.6 is 0 Å². The number of hydrogen-bond donors (Lipinski definition) is 0. The van der Waals surface area contributed by atoms with Crippen LogP contribution in [-0.2, 0) is 7.05 Å². The molecule has 3 aromatic rings. The van der Waals surface area contributed by atoms with Crippen molar-refractivity contribution in [1.82, 2.24) is 19.7 Å². The van der Waals surface area contributed by atoms with Crippen molar-refractivity contribution in [2.75, 3.05) is 13.1 Å². The van der Waals surface area contributed by atoms with E-state index in [0.29, 0.717) is 24.8 Å². The summed E-state index contributed by atoms with van der Waals surface area (Å²) in [6.07, 6.45) is 3.53. The van der Waals surface area contributed by atoms with Gasteiger partial charge in [0.15, 0.2) is 5.76 Å². The zero-order valence-electron chi connectivity index (χ0n) is 13.9. The smallest absolute Gasteiger partial charge is 0.289 e. The molecule has 3 heterocycles. The first-order valence-electron chi connectivity index (χ1n) is 8.25. The molecule has 0 aliphatic carbocycles. The molecular formula is C18H20N4O2. The van der Waals surface area contributed by atoms with Crippen LogP contribution in [0.5, 0.6) is 0 Å². The molecule has 0 unspecified atom stereocenters. The van der Waals surface area contributed by atoms with Crippen molar-refractivity contribution in [2.24, 2.45) is 7.05 Å². The number of likely N-dealkylation sites (tertiary alicyclic amines) is 1. The van der Waals surface area contributed by atoms with Crippen LogP contribution in [0.25, 0.3) is 11.0 Å². The van der Waals surface area contributed by atoms with E-state index in [4.69, 9.17) is 4.42 Å². The van der Waals surface area contributed by atoms with Gasteiger partial charge in [-0.05, 0) is 38.0 Å². The third kappa shape index (κ3) is 2.58. The lowest BCUT2D eigenvalue weighted by atomic mass is 9.96. The number of fused-ring (bicyclic) bond motifs is 1. The average molecular weight is 324 g/mol. The Morgan fingerprint density at radius 1 is 1.25 bits per heavy atom. The number of nitrogens with zero attached hydrogens (tertiary/aromatic N) is 4. The molecule has 6 nitrogen and oxygen atoms in total. The normalized spacial score (nSPS) is 16.0. The minimum absolute atomic E-state index is 0.0275. The van der Waals surface area contributed by atoms with E-state index < -0.39 is 0 Å². The Morgan fingerprint density at radius 2 is 2.04 bits per heavy atom. The third-order valence-corrected chi connectivity index (χ3v) is 4.78. The molecule has 6 heteroatoms. The molecule has 0 radical (unpaired) electrons. The van der Waals surface area contributed by atoms with E-state index in [1.165, 1.54) is 0 Å². The summed E-state index contributed by atoms with van der Waals surface area (Å²) in [5.41, 5.74) is 1.92. The van der Waals surface area contributed by atoms with E-state index in [-0.39, 0.29) is 5.91 Å². The first-order chi connectivity index (χ1) is 11.6. The zero-order valence-corrected chi connectivity index (χ0v) is 13.9. The molecule has 0 bridgehead atoms. The van der Waals surface area contributed by atoms with E-state index in [9.17, 15) is 4.79 Å². The molecule has 0 spiro atoms. The fraction of sp³-hybridized carbons (Fsp3) is 0.389. The number of aromatic nitrogens is 3.